The molecule has 0 fully saturated rings. The first-order valence-corrected chi connectivity index (χ1v) is 4.04. The smallest absolute Gasteiger partial charge is 0.136 e. The molecule has 10 heavy (non-hydrogen) atoms. The summed E-state index contributed by atoms with van der Waals surface area (Å²) in [7, 11) is 2.08. The highest BCUT2D eigenvalue weighted by molar-refractivity contribution is 7.00. The van der Waals surface area contributed by atoms with E-state index in [1.807, 2.05) is 0 Å². The van der Waals surface area contributed by atoms with E-state index in [1.54, 1.807) is 11.5 Å². The first kappa shape index (κ1) is 5.86. The van der Waals surface area contributed by atoms with E-state index < -0.39 is 0 Å². The second-order valence-electron chi connectivity index (χ2n) is 2.28. The van der Waals surface area contributed by atoms with Gasteiger partial charge in [0.15, 0.2) is 7.05 Å². The molecule has 0 saturated carbocycles. The maximum atomic E-state index is 2.16. The van der Waals surface area contributed by atoms with E-state index in [1.165, 1.54) is 10.9 Å². The third-order valence-electron chi connectivity index (χ3n) is 1.61. The number of aromatic nitrogens is 1. The van der Waals surface area contributed by atoms with E-state index in [-0.39, 0.29) is 0 Å². The number of para-hydroxylation sites is 1. The number of aryl methyl sites for hydroxylation is 1. The second kappa shape index (κ2) is 2.06. The maximum absolute atomic E-state index is 2.16. The van der Waals surface area contributed by atoms with E-state index >= 15 is 0 Å². The van der Waals surface area contributed by atoms with Crippen molar-refractivity contribution in [2.75, 3.05) is 0 Å². The molecule has 50 valence electrons. The number of hydrogen-bond donors (Lipinski definition) is 0. The Balaban J connectivity index is 2.93. The Hall–Kier alpha value is -0.890. The van der Waals surface area contributed by atoms with Gasteiger partial charge < -0.3 is 0 Å². The fraction of sp³-hybridized carbons (Fsp3) is 0.125. The zero-order chi connectivity index (χ0) is 6.97. The van der Waals surface area contributed by atoms with Crippen molar-refractivity contribution in [3.05, 3.63) is 29.6 Å². The van der Waals surface area contributed by atoms with Gasteiger partial charge in [-0.15, -0.1) is 3.96 Å². The molecule has 1 nitrogen and oxygen atoms in total. The average molecular weight is 150 g/mol. The Morgan fingerprint density at radius 3 is 2.90 bits per heavy atom. The van der Waals surface area contributed by atoms with E-state index in [4.69, 9.17) is 0 Å². The van der Waals surface area contributed by atoms with Crippen LogP contribution >= 0.6 is 11.5 Å². The van der Waals surface area contributed by atoms with Crippen LogP contribution in [0.3, 0.4) is 0 Å². The topological polar surface area (TPSA) is 3.88 Å². The van der Waals surface area contributed by atoms with Crippen LogP contribution in [-0.2, 0) is 7.05 Å². The van der Waals surface area contributed by atoms with Crippen molar-refractivity contribution in [1.29, 1.82) is 0 Å². The molecule has 2 rings (SSSR count). The summed E-state index contributed by atoms with van der Waals surface area (Å²) in [5.41, 5.74) is 1.31. The van der Waals surface area contributed by atoms with E-state index in [0.717, 1.165) is 0 Å². The van der Waals surface area contributed by atoms with Gasteiger partial charge in [-0.05, 0) is 6.07 Å². The van der Waals surface area contributed by atoms with E-state index in [0.29, 0.717) is 0 Å². The van der Waals surface area contributed by atoms with Gasteiger partial charge in [0.2, 0.25) is 5.52 Å². The monoisotopic (exact) mass is 150 g/mol. The molecule has 0 spiro atoms. The lowest BCUT2D eigenvalue weighted by Gasteiger charge is -1.80. The van der Waals surface area contributed by atoms with Crippen molar-refractivity contribution in [2.45, 2.75) is 0 Å². The molecule has 0 N–H and O–H groups in total. The number of benzene rings is 1. The van der Waals surface area contributed by atoms with Gasteiger partial charge in [0.25, 0.3) is 0 Å². The summed E-state index contributed by atoms with van der Waals surface area (Å²) in [5.74, 6) is 0. The van der Waals surface area contributed by atoms with Crippen LogP contribution in [0.15, 0.2) is 29.6 Å². The zero-order valence-corrected chi connectivity index (χ0v) is 6.56. The normalized spacial score (nSPS) is 10.5. The third-order valence-corrected chi connectivity index (χ3v) is 2.49. The highest BCUT2D eigenvalue weighted by Gasteiger charge is 2.03. The number of rotatable bonds is 0. The predicted octanol–water partition coefficient (Wildman–Crippen LogP) is 1.73. The van der Waals surface area contributed by atoms with Crippen LogP contribution in [-0.4, -0.2) is 0 Å². The van der Waals surface area contributed by atoms with Gasteiger partial charge in [0.1, 0.15) is 11.5 Å². The lowest BCUT2D eigenvalue weighted by molar-refractivity contribution is -0.573. The van der Waals surface area contributed by atoms with Crippen LogP contribution in [0, 0.1) is 0 Å². The summed E-state index contributed by atoms with van der Waals surface area (Å²) in [4.78, 5) is 0. The Morgan fingerprint density at radius 2 is 2.10 bits per heavy atom. The van der Waals surface area contributed by atoms with Crippen LogP contribution < -0.4 is 3.96 Å². The molecule has 0 aliphatic rings. The molecule has 0 bridgehead atoms. The van der Waals surface area contributed by atoms with Crippen molar-refractivity contribution in [3.63, 3.8) is 0 Å². The molecule has 1 aromatic carbocycles. The van der Waals surface area contributed by atoms with Crippen molar-refractivity contribution < 1.29 is 3.96 Å². The van der Waals surface area contributed by atoms with Gasteiger partial charge in [0.05, 0.1) is 10.8 Å². The lowest BCUT2D eigenvalue weighted by atomic mass is 10.3. The Morgan fingerprint density at radius 1 is 1.30 bits per heavy atom. The van der Waals surface area contributed by atoms with Gasteiger partial charge in [-0.2, -0.15) is 0 Å². The fourth-order valence-corrected chi connectivity index (χ4v) is 1.82. The minimum absolute atomic E-state index is 1.31. The molecule has 0 atom stereocenters. The third kappa shape index (κ3) is 0.727. The Kier molecular flexibility index (Phi) is 1.21. The summed E-state index contributed by atoms with van der Waals surface area (Å²) >= 11 is 1.73. The number of fused-ring (bicyclic) bond motifs is 1. The minimum atomic E-state index is 1.31. The van der Waals surface area contributed by atoms with Crippen LogP contribution in [0.5, 0.6) is 0 Å². The van der Waals surface area contributed by atoms with Crippen molar-refractivity contribution in [1.82, 2.24) is 0 Å². The second-order valence-corrected chi connectivity index (χ2v) is 3.27. The molecule has 2 heteroatoms. The van der Waals surface area contributed by atoms with Crippen LogP contribution in [0.1, 0.15) is 0 Å². The van der Waals surface area contributed by atoms with E-state index in [9.17, 15) is 0 Å². The zero-order valence-electron chi connectivity index (χ0n) is 5.74. The maximum Gasteiger partial charge on any atom is 0.226 e. The molecule has 0 amide bonds. The van der Waals surface area contributed by atoms with Gasteiger partial charge >= 0.3 is 0 Å². The lowest BCUT2D eigenvalue weighted by Crippen LogP contribution is -2.20. The van der Waals surface area contributed by atoms with Crippen molar-refractivity contribution in [2.24, 2.45) is 7.05 Å². The Bertz CT molecular complexity index is 351. The number of nitrogens with zero attached hydrogens (tertiary/aromatic N) is 1. The highest BCUT2D eigenvalue weighted by atomic mass is 32.1. The Labute approximate surface area is 63.7 Å². The largest absolute Gasteiger partial charge is 0.226 e. The minimum Gasteiger partial charge on any atom is -0.136 e. The predicted molar refractivity (Wildman–Crippen MR) is 43.0 cm³/mol. The van der Waals surface area contributed by atoms with Crippen LogP contribution in [0.2, 0.25) is 0 Å². The summed E-state index contributed by atoms with van der Waals surface area (Å²) < 4.78 is 2.16. The average Bonchev–Trinajstić information content (AvgIpc) is 2.34. The molecule has 1 heterocycles. The molecule has 0 unspecified atom stereocenters. The standard InChI is InChI=1S/C8H8NS/c1-9-8-5-3-2-4-7(8)6-10-9/h2-6H,1H3/q+1. The molecule has 0 aliphatic heterocycles. The summed E-state index contributed by atoms with van der Waals surface area (Å²) in [6.07, 6.45) is 0. The van der Waals surface area contributed by atoms with Gasteiger partial charge in [-0.3, -0.25) is 0 Å². The molecule has 0 aliphatic carbocycles. The van der Waals surface area contributed by atoms with Crippen molar-refractivity contribution >= 4 is 22.4 Å². The SMILES string of the molecule is C[n+]1scc2ccccc21. The first-order valence-electron chi connectivity index (χ1n) is 3.21. The summed E-state index contributed by atoms with van der Waals surface area (Å²) in [6, 6.07) is 8.39. The van der Waals surface area contributed by atoms with Crippen LogP contribution in [0.25, 0.3) is 10.9 Å². The quantitative estimate of drug-likeness (QED) is 0.503. The highest BCUT2D eigenvalue weighted by Crippen LogP contribution is 2.10. The van der Waals surface area contributed by atoms with Gasteiger partial charge in [0, 0.05) is 6.07 Å². The molecular formula is C8H8NS+. The molecule has 0 radical (unpaired) electrons. The molecule has 2 aromatic rings. The molecule has 0 saturated heterocycles. The van der Waals surface area contributed by atoms with Gasteiger partial charge in [-0.25, -0.2) is 0 Å². The molecule has 1 aromatic heterocycles. The summed E-state index contributed by atoms with van der Waals surface area (Å²) in [5, 5.41) is 3.49. The van der Waals surface area contributed by atoms with E-state index in [2.05, 4.69) is 40.6 Å². The first-order chi connectivity index (χ1) is 4.88. The van der Waals surface area contributed by atoms with Gasteiger partial charge in [-0.1, -0.05) is 12.1 Å². The summed E-state index contributed by atoms with van der Waals surface area (Å²) in [6.45, 7) is 0. The fourth-order valence-electron chi connectivity index (χ4n) is 1.07. The molecular weight excluding hydrogens is 142 g/mol. The van der Waals surface area contributed by atoms with Crippen LogP contribution in [0.4, 0.5) is 0 Å². The number of hydrogen-bond acceptors (Lipinski definition) is 1. The van der Waals surface area contributed by atoms with Crippen molar-refractivity contribution in [3.8, 4) is 0 Å².